The van der Waals surface area contributed by atoms with E-state index in [1.807, 2.05) is 0 Å². The van der Waals surface area contributed by atoms with Gasteiger partial charge in [-0.1, -0.05) is 23.2 Å². The van der Waals surface area contributed by atoms with Gasteiger partial charge in [0.15, 0.2) is 0 Å². The molecule has 1 saturated heterocycles. The molecule has 0 saturated carbocycles. The quantitative estimate of drug-likeness (QED) is 0.913. The van der Waals surface area contributed by atoms with Gasteiger partial charge >= 0.3 is 0 Å². The largest absolute Gasteiger partial charge is 0.381 e. The molecule has 1 fully saturated rings. The van der Waals surface area contributed by atoms with E-state index in [2.05, 4.69) is 14.9 Å². The molecule has 6 heteroatoms. The van der Waals surface area contributed by atoms with E-state index in [4.69, 9.17) is 27.9 Å². The van der Waals surface area contributed by atoms with Gasteiger partial charge in [0.25, 0.3) is 0 Å². The normalized spacial score (nSPS) is 23.6. The number of aromatic amines is 1. The molecule has 0 atom stereocenters. The highest BCUT2D eigenvalue weighted by atomic mass is 35.5. The van der Waals surface area contributed by atoms with Crippen LogP contribution in [0.3, 0.4) is 0 Å². The molecule has 0 aromatic carbocycles. The van der Waals surface area contributed by atoms with Crippen molar-refractivity contribution < 1.29 is 4.74 Å². The third-order valence-corrected chi connectivity index (χ3v) is 4.78. The molecule has 1 N–H and O–H groups in total. The highest BCUT2D eigenvalue weighted by molar-refractivity contribution is 6.36. The minimum absolute atomic E-state index is 0.0497. The van der Waals surface area contributed by atoms with Crippen LogP contribution in [0.2, 0.25) is 0 Å². The fourth-order valence-corrected chi connectivity index (χ4v) is 3.45. The zero-order valence-electron chi connectivity index (χ0n) is 10.7. The highest BCUT2D eigenvalue weighted by Gasteiger charge is 2.45. The van der Waals surface area contributed by atoms with Gasteiger partial charge in [0.2, 0.25) is 0 Å². The number of hydrogen-bond donors (Lipinski definition) is 1. The second kappa shape index (κ2) is 5.44. The lowest BCUT2D eigenvalue weighted by Crippen LogP contribution is -2.54. The van der Waals surface area contributed by atoms with Gasteiger partial charge in [-0.15, -0.1) is 0 Å². The Balaban J connectivity index is 1.96. The first kappa shape index (κ1) is 13.4. The van der Waals surface area contributed by atoms with Crippen molar-refractivity contribution in [3.63, 3.8) is 0 Å². The van der Waals surface area contributed by atoms with Crippen LogP contribution in [0, 0.1) is 0 Å². The van der Waals surface area contributed by atoms with E-state index >= 15 is 0 Å². The lowest BCUT2D eigenvalue weighted by Gasteiger charge is -2.48. The molecule has 0 amide bonds. The molecule has 1 aromatic heterocycles. The van der Waals surface area contributed by atoms with E-state index in [1.165, 1.54) is 16.9 Å². The average Bonchev–Trinajstić information content (AvgIpc) is 2.93. The summed E-state index contributed by atoms with van der Waals surface area (Å²) in [5, 5.41) is 0.673. The Kier molecular flexibility index (Phi) is 3.85. The SMILES string of the molecule is Cl/C=C(/Cl)CN1CCc2[nH]cnc2C12CCOCC2. The lowest BCUT2D eigenvalue weighted by atomic mass is 9.80. The van der Waals surface area contributed by atoms with Crippen LogP contribution in [0.5, 0.6) is 0 Å². The third kappa shape index (κ3) is 2.31. The Morgan fingerprint density at radius 2 is 2.32 bits per heavy atom. The van der Waals surface area contributed by atoms with E-state index in [9.17, 15) is 0 Å². The number of nitrogens with one attached hydrogen (secondary N) is 1. The van der Waals surface area contributed by atoms with Gasteiger partial charge in [0.1, 0.15) is 0 Å². The highest BCUT2D eigenvalue weighted by Crippen LogP contribution is 2.42. The monoisotopic (exact) mass is 301 g/mol. The number of ether oxygens (including phenoxy) is 1. The van der Waals surface area contributed by atoms with E-state index in [-0.39, 0.29) is 5.54 Å². The van der Waals surface area contributed by atoms with Crippen molar-refractivity contribution in [1.29, 1.82) is 0 Å². The predicted molar refractivity (Wildman–Crippen MR) is 75.4 cm³/mol. The standard InChI is InChI=1S/C13H17Cl2N3O/c14-7-10(15)8-18-4-1-11-12(17-9-16-11)13(18)2-5-19-6-3-13/h7,9H,1-6,8H2,(H,16,17)/b10-7+. The van der Waals surface area contributed by atoms with Crippen molar-refractivity contribution in [3.05, 3.63) is 28.3 Å². The fraction of sp³-hybridized carbons (Fsp3) is 0.615. The van der Waals surface area contributed by atoms with Crippen molar-refractivity contribution in [2.75, 3.05) is 26.3 Å². The Bertz CT molecular complexity index is 480. The van der Waals surface area contributed by atoms with Crippen LogP contribution in [-0.4, -0.2) is 41.2 Å². The lowest BCUT2D eigenvalue weighted by molar-refractivity contribution is -0.0360. The molecule has 0 unspecified atom stereocenters. The molecule has 4 nitrogen and oxygen atoms in total. The van der Waals surface area contributed by atoms with Gasteiger partial charge in [-0.3, -0.25) is 4.90 Å². The van der Waals surface area contributed by atoms with Crippen molar-refractivity contribution in [3.8, 4) is 0 Å². The Labute approximate surface area is 122 Å². The molecule has 1 aromatic rings. The maximum atomic E-state index is 6.13. The second-order valence-electron chi connectivity index (χ2n) is 5.10. The summed E-state index contributed by atoms with van der Waals surface area (Å²) < 4.78 is 5.53. The van der Waals surface area contributed by atoms with Crippen molar-refractivity contribution in [2.24, 2.45) is 0 Å². The summed E-state index contributed by atoms with van der Waals surface area (Å²) in [6.45, 7) is 3.18. The summed E-state index contributed by atoms with van der Waals surface area (Å²) in [4.78, 5) is 10.2. The number of halogens is 2. The van der Waals surface area contributed by atoms with Gasteiger partial charge in [0.05, 0.1) is 17.6 Å². The molecule has 0 radical (unpaired) electrons. The molecule has 3 heterocycles. The average molecular weight is 302 g/mol. The number of nitrogens with zero attached hydrogens (tertiary/aromatic N) is 2. The van der Waals surface area contributed by atoms with E-state index in [0.717, 1.165) is 39.0 Å². The Morgan fingerprint density at radius 3 is 3.05 bits per heavy atom. The summed E-state index contributed by atoms with van der Waals surface area (Å²) in [6, 6.07) is 0. The van der Waals surface area contributed by atoms with Crippen LogP contribution in [0.15, 0.2) is 16.9 Å². The Morgan fingerprint density at radius 1 is 1.53 bits per heavy atom. The van der Waals surface area contributed by atoms with Crippen LogP contribution in [0.4, 0.5) is 0 Å². The predicted octanol–water partition coefficient (Wildman–Crippen LogP) is 2.59. The third-order valence-electron chi connectivity index (χ3n) is 4.18. The number of aromatic nitrogens is 2. The number of rotatable bonds is 2. The van der Waals surface area contributed by atoms with Gasteiger partial charge in [0, 0.05) is 49.0 Å². The molecule has 2 aliphatic rings. The van der Waals surface area contributed by atoms with Crippen LogP contribution >= 0.6 is 23.2 Å². The fourth-order valence-electron chi connectivity index (χ4n) is 3.23. The smallest absolute Gasteiger partial charge is 0.0926 e. The molecule has 3 rings (SSSR count). The van der Waals surface area contributed by atoms with E-state index in [1.54, 1.807) is 6.33 Å². The molecule has 1 spiro atoms. The van der Waals surface area contributed by atoms with Gasteiger partial charge in [-0.25, -0.2) is 4.98 Å². The first-order valence-electron chi connectivity index (χ1n) is 6.56. The van der Waals surface area contributed by atoms with Crippen molar-refractivity contribution in [1.82, 2.24) is 14.9 Å². The number of hydrogen-bond acceptors (Lipinski definition) is 3. The van der Waals surface area contributed by atoms with Gasteiger partial charge in [-0.2, -0.15) is 0 Å². The summed E-state index contributed by atoms with van der Waals surface area (Å²) in [7, 11) is 0. The second-order valence-corrected chi connectivity index (χ2v) is 5.80. The first-order valence-corrected chi connectivity index (χ1v) is 7.38. The summed E-state index contributed by atoms with van der Waals surface area (Å²) in [5.41, 5.74) is 3.82. The Hall–Kier alpha value is -0.550. The van der Waals surface area contributed by atoms with Gasteiger partial charge in [-0.05, 0) is 12.8 Å². The molecule has 104 valence electrons. The summed E-state index contributed by atoms with van der Waals surface area (Å²) in [6.07, 6.45) is 4.68. The van der Waals surface area contributed by atoms with Crippen LogP contribution in [0.1, 0.15) is 24.2 Å². The maximum absolute atomic E-state index is 6.13. The minimum atomic E-state index is -0.0497. The molecular weight excluding hydrogens is 285 g/mol. The maximum Gasteiger partial charge on any atom is 0.0926 e. The number of H-pyrrole nitrogens is 1. The number of imidazole rings is 1. The van der Waals surface area contributed by atoms with Gasteiger partial charge < -0.3 is 9.72 Å². The molecular formula is C13H17Cl2N3O. The molecule has 19 heavy (non-hydrogen) atoms. The zero-order chi connectivity index (χ0) is 13.3. The van der Waals surface area contributed by atoms with Crippen LogP contribution < -0.4 is 0 Å². The minimum Gasteiger partial charge on any atom is -0.381 e. The molecule has 0 bridgehead atoms. The first-order chi connectivity index (χ1) is 9.26. The van der Waals surface area contributed by atoms with Crippen LogP contribution in [0.25, 0.3) is 0 Å². The molecule has 2 aliphatic heterocycles. The zero-order valence-corrected chi connectivity index (χ0v) is 12.2. The van der Waals surface area contributed by atoms with Crippen LogP contribution in [-0.2, 0) is 16.7 Å². The van der Waals surface area contributed by atoms with E-state index in [0.29, 0.717) is 11.6 Å². The summed E-state index contributed by atoms with van der Waals surface area (Å²) in [5.74, 6) is 0. The number of fused-ring (bicyclic) bond motifs is 2. The van der Waals surface area contributed by atoms with Crippen molar-refractivity contribution in [2.45, 2.75) is 24.8 Å². The summed E-state index contributed by atoms with van der Waals surface area (Å²) >= 11 is 11.8. The molecule has 0 aliphatic carbocycles. The topological polar surface area (TPSA) is 41.2 Å². The van der Waals surface area contributed by atoms with Crippen molar-refractivity contribution >= 4 is 23.2 Å². The van der Waals surface area contributed by atoms with E-state index < -0.39 is 0 Å².